The molecule has 1 saturated carbocycles. The van der Waals surface area contributed by atoms with Crippen LogP contribution in [0.3, 0.4) is 0 Å². The van der Waals surface area contributed by atoms with Crippen molar-refractivity contribution in [2.24, 2.45) is 5.41 Å². The van der Waals surface area contributed by atoms with Crippen LogP contribution in [0.25, 0.3) is 0 Å². The number of nitrogens with zero attached hydrogens (tertiary/aromatic N) is 2. The molecule has 1 aliphatic rings. The van der Waals surface area contributed by atoms with Gasteiger partial charge in [-0.15, -0.1) is 0 Å². The van der Waals surface area contributed by atoms with Crippen LogP contribution in [-0.2, 0) is 6.54 Å². The molecular weight excluding hydrogens is 192 g/mol. The van der Waals surface area contributed by atoms with E-state index in [1.54, 1.807) is 0 Å². The Balaban J connectivity index is 2.12. The average Bonchev–Trinajstić information content (AvgIpc) is 2.76. The quantitative estimate of drug-likeness (QED) is 0.757. The molecule has 0 radical (unpaired) electrons. The normalized spacial score (nSPS) is 18.9. The lowest BCUT2D eigenvalue weighted by Crippen LogP contribution is -2.15. The van der Waals surface area contributed by atoms with Crippen molar-refractivity contribution < 1.29 is 0 Å². The Morgan fingerprint density at radius 1 is 1.57 bits per heavy atom. The molecular formula is C11H18N2S. The highest BCUT2D eigenvalue weighted by atomic mass is 32.1. The van der Waals surface area contributed by atoms with Crippen molar-refractivity contribution in [3.8, 4) is 0 Å². The van der Waals surface area contributed by atoms with Crippen LogP contribution in [0.4, 0.5) is 0 Å². The molecule has 0 atom stereocenters. The van der Waals surface area contributed by atoms with Crippen LogP contribution in [0.1, 0.15) is 38.4 Å². The van der Waals surface area contributed by atoms with Gasteiger partial charge in [0.15, 0.2) is 0 Å². The van der Waals surface area contributed by atoms with Crippen molar-refractivity contribution in [3.05, 3.63) is 18.2 Å². The summed E-state index contributed by atoms with van der Waals surface area (Å²) >= 11 is 4.43. The molecule has 0 saturated heterocycles. The smallest absolute Gasteiger partial charge is 0.111 e. The molecule has 1 aromatic heterocycles. The van der Waals surface area contributed by atoms with Gasteiger partial charge in [0.25, 0.3) is 0 Å². The predicted octanol–water partition coefficient (Wildman–Crippen LogP) is 2.72. The Hall–Kier alpha value is -0.440. The predicted molar refractivity (Wildman–Crippen MR) is 61.8 cm³/mol. The maximum Gasteiger partial charge on any atom is 0.111 e. The van der Waals surface area contributed by atoms with Crippen molar-refractivity contribution in [2.45, 2.75) is 39.2 Å². The van der Waals surface area contributed by atoms with Gasteiger partial charge in [-0.1, -0.05) is 13.8 Å². The molecule has 0 aliphatic heterocycles. The van der Waals surface area contributed by atoms with E-state index in [0.29, 0.717) is 11.3 Å². The number of rotatable bonds is 4. The third kappa shape index (κ3) is 1.83. The van der Waals surface area contributed by atoms with Crippen molar-refractivity contribution in [1.82, 2.24) is 9.55 Å². The van der Waals surface area contributed by atoms with Gasteiger partial charge in [-0.25, -0.2) is 4.98 Å². The second kappa shape index (κ2) is 3.61. The maximum absolute atomic E-state index is 4.43. The van der Waals surface area contributed by atoms with Crippen LogP contribution in [0.15, 0.2) is 12.4 Å². The maximum atomic E-state index is 4.43. The Labute approximate surface area is 91.1 Å². The first kappa shape index (κ1) is 10.1. The average molecular weight is 210 g/mol. The molecule has 0 unspecified atom stereocenters. The monoisotopic (exact) mass is 210 g/mol. The van der Waals surface area contributed by atoms with E-state index < -0.39 is 0 Å². The third-order valence-electron chi connectivity index (χ3n) is 3.06. The lowest BCUT2D eigenvalue weighted by atomic mass is 10.1. The molecule has 0 bridgehead atoms. The molecule has 1 fully saturated rings. The first-order valence-electron chi connectivity index (χ1n) is 5.29. The molecule has 0 aromatic carbocycles. The first-order valence-corrected chi connectivity index (χ1v) is 5.92. The minimum absolute atomic E-state index is 0.480. The first-order chi connectivity index (χ1) is 6.67. The van der Waals surface area contributed by atoms with E-state index in [2.05, 4.69) is 42.2 Å². The van der Waals surface area contributed by atoms with Crippen LogP contribution < -0.4 is 0 Å². The minimum Gasteiger partial charge on any atom is -0.334 e. The van der Waals surface area contributed by atoms with E-state index >= 15 is 0 Å². The van der Waals surface area contributed by atoms with E-state index in [0.717, 1.165) is 12.3 Å². The summed E-state index contributed by atoms with van der Waals surface area (Å²) in [6.45, 7) is 5.49. The number of hydrogen-bond donors (Lipinski definition) is 1. The SMILES string of the molecule is CC(C)c1nccn1CC1(CS)CC1. The molecule has 1 aliphatic carbocycles. The second-order valence-corrected chi connectivity index (χ2v) is 5.04. The molecule has 2 rings (SSSR count). The standard InChI is InChI=1S/C11H18N2S/c1-9(2)10-12-5-6-13(10)7-11(8-14)3-4-11/h5-6,9,14H,3-4,7-8H2,1-2H3. The fourth-order valence-corrected chi connectivity index (χ4v) is 2.28. The fourth-order valence-electron chi connectivity index (χ4n) is 1.86. The summed E-state index contributed by atoms with van der Waals surface area (Å²) in [5.41, 5.74) is 0.480. The number of aromatic nitrogens is 2. The molecule has 0 amide bonds. The van der Waals surface area contributed by atoms with E-state index in [1.807, 2.05) is 6.20 Å². The number of thiol groups is 1. The van der Waals surface area contributed by atoms with E-state index in [-0.39, 0.29) is 0 Å². The molecule has 2 nitrogen and oxygen atoms in total. The largest absolute Gasteiger partial charge is 0.334 e. The van der Waals surface area contributed by atoms with E-state index in [4.69, 9.17) is 0 Å². The Morgan fingerprint density at radius 3 is 2.79 bits per heavy atom. The fraction of sp³-hybridized carbons (Fsp3) is 0.727. The van der Waals surface area contributed by atoms with Crippen LogP contribution in [0.2, 0.25) is 0 Å². The highest BCUT2D eigenvalue weighted by Crippen LogP contribution is 2.48. The summed E-state index contributed by atoms with van der Waals surface area (Å²) in [5.74, 6) is 2.72. The molecule has 0 spiro atoms. The number of hydrogen-bond acceptors (Lipinski definition) is 2. The highest BCUT2D eigenvalue weighted by molar-refractivity contribution is 7.80. The molecule has 78 valence electrons. The van der Waals surface area contributed by atoms with E-state index in [1.165, 1.54) is 18.7 Å². The zero-order valence-electron chi connectivity index (χ0n) is 8.90. The summed E-state index contributed by atoms with van der Waals surface area (Å²) < 4.78 is 2.30. The van der Waals surface area contributed by atoms with Gasteiger partial charge in [0.2, 0.25) is 0 Å². The second-order valence-electron chi connectivity index (χ2n) is 4.73. The van der Waals surface area contributed by atoms with Crippen LogP contribution in [0.5, 0.6) is 0 Å². The van der Waals surface area contributed by atoms with Gasteiger partial charge in [0.05, 0.1) is 0 Å². The number of imidazole rings is 1. The molecule has 1 heterocycles. The Bertz CT molecular complexity index is 313. The van der Waals surface area contributed by atoms with Crippen molar-refractivity contribution >= 4 is 12.6 Å². The molecule has 1 aromatic rings. The summed E-state index contributed by atoms with van der Waals surface area (Å²) in [5, 5.41) is 0. The van der Waals surface area contributed by atoms with Gasteiger partial charge in [-0.3, -0.25) is 0 Å². The van der Waals surface area contributed by atoms with Gasteiger partial charge in [-0.2, -0.15) is 12.6 Å². The van der Waals surface area contributed by atoms with Gasteiger partial charge >= 0.3 is 0 Å². The topological polar surface area (TPSA) is 17.8 Å². The summed E-state index contributed by atoms with van der Waals surface area (Å²) in [4.78, 5) is 4.40. The van der Waals surface area contributed by atoms with Crippen LogP contribution in [-0.4, -0.2) is 15.3 Å². The van der Waals surface area contributed by atoms with Gasteiger partial charge in [-0.05, 0) is 24.0 Å². The molecule has 14 heavy (non-hydrogen) atoms. The third-order valence-corrected chi connectivity index (χ3v) is 3.73. The summed E-state index contributed by atoms with van der Waals surface area (Å²) in [6, 6.07) is 0. The van der Waals surface area contributed by atoms with Gasteiger partial charge in [0, 0.05) is 24.9 Å². The van der Waals surface area contributed by atoms with Crippen molar-refractivity contribution in [1.29, 1.82) is 0 Å². The molecule has 3 heteroatoms. The lowest BCUT2D eigenvalue weighted by molar-refractivity contribution is 0.455. The van der Waals surface area contributed by atoms with E-state index in [9.17, 15) is 0 Å². The Kier molecular flexibility index (Phi) is 2.60. The van der Waals surface area contributed by atoms with Gasteiger partial charge < -0.3 is 4.57 Å². The summed E-state index contributed by atoms with van der Waals surface area (Å²) in [7, 11) is 0. The molecule has 0 N–H and O–H groups in total. The summed E-state index contributed by atoms with van der Waals surface area (Å²) in [6.07, 6.45) is 6.65. The van der Waals surface area contributed by atoms with Crippen molar-refractivity contribution in [3.63, 3.8) is 0 Å². The lowest BCUT2D eigenvalue weighted by Gasteiger charge is -2.16. The van der Waals surface area contributed by atoms with Crippen molar-refractivity contribution in [2.75, 3.05) is 5.75 Å². The zero-order chi connectivity index (χ0) is 10.2. The van der Waals surface area contributed by atoms with Crippen LogP contribution >= 0.6 is 12.6 Å². The van der Waals surface area contributed by atoms with Crippen LogP contribution in [0, 0.1) is 5.41 Å². The minimum atomic E-state index is 0.480. The highest BCUT2D eigenvalue weighted by Gasteiger charge is 2.41. The Morgan fingerprint density at radius 2 is 2.29 bits per heavy atom. The zero-order valence-corrected chi connectivity index (χ0v) is 9.80. The van der Waals surface area contributed by atoms with Gasteiger partial charge in [0.1, 0.15) is 5.82 Å².